The Labute approximate surface area is 153 Å². The summed E-state index contributed by atoms with van der Waals surface area (Å²) in [5.41, 5.74) is 5.54. The predicted molar refractivity (Wildman–Crippen MR) is 104 cm³/mol. The standard InChI is InChI=1S/C11H16N2O.C8H10N4/c1-8(7-14)5-12-10-3-2-4-11-9(10)6-13-11;1-6(2)12-5-11-7-3-9-4-10-8(7)12/h2-4,8,12-14H,5-7H2,1H3;3-6H,1-2H3. The van der Waals surface area contributed by atoms with Crippen LogP contribution < -0.4 is 10.6 Å². The summed E-state index contributed by atoms with van der Waals surface area (Å²) in [6.45, 7) is 8.24. The van der Waals surface area contributed by atoms with Gasteiger partial charge in [-0.05, 0) is 31.9 Å². The fourth-order valence-corrected chi connectivity index (χ4v) is 2.70. The molecule has 4 rings (SSSR count). The summed E-state index contributed by atoms with van der Waals surface area (Å²) < 4.78 is 2.02. The number of nitrogens with zero attached hydrogens (tertiary/aromatic N) is 4. The van der Waals surface area contributed by atoms with Crippen LogP contribution in [0.1, 0.15) is 32.4 Å². The van der Waals surface area contributed by atoms with Gasteiger partial charge in [-0.2, -0.15) is 0 Å². The molecule has 0 amide bonds. The van der Waals surface area contributed by atoms with Crippen molar-refractivity contribution in [2.24, 2.45) is 5.92 Å². The highest BCUT2D eigenvalue weighted by molar-refractivity contribution is 5.71. The number of rotatable bonds is 5. The normalized spacial score (nSPS) is 13.3. The Morgan fingerprint density at radius 1 is 1.27 bits per heavy atom. The van der Waals surface area contributed by atoms with Gasteiger partial charge in [-0.25, -0.2) is 15.0 Å². The fraction of sp³-hybridized carbons (Fsp3) is 0.421. The molecule has 0 spiro atoms. The summed E-state index contributed by atoms with van der Waals surface area (Å²) in [4.78, 5) is 12.2. The van der Waals surface area contributed by atoms with Crippen molar-refractivity contribution in [1.82, 2.24) is 19.5 Å². The SMILES string of the molecule is CC(C)n1cnc2cncnc21.CC(CO)CNc1cccc2c1CN2. The topological polar surface area (TPSA) is 87.9 Å². The number of hydrogen-bond acceptors (Lipinski definition) is 6. The Hall–Kier alpha value is -2.67. The molecule has 7 heteroatoms. The molecule has 7 nitrogen and oxygen atoms in total. The van der Waals surface area contributed by atoms with E-state index in [4.69, 9.17) is 5.11 Å². The highest BCUT2D eigenvalue weighted by Gasteiger charge is 2.15. The molecule has 26 heavy (non-hydrogen) atoms. The third kappa shape index (κ3) is 3.94. The number of nitrogens with one attached hydrogen (secondary N) is 2. The first-order valence-electron chi connectivity index (χ1n) is 8.93. The van der Waals surface area contributed by atoms with Crippen LogP contribution in [0.4, 0.5) is 11.4 Å². The summed E-state index contributed by atoms with van der Waals surface area (Å²) >= 11 is 0. The van der Waals surface area contributed by atoms with E-state index in [0.29, 0.717) is 12.0 Å². The van der Waals surface area contributed by atoms with Gasteiger partial charge in [-0.3, -0.25) is 0 Å². The number of hydrogen-bond donors (Lipinski definition) is 3. The van der Waals surface area contributed by atoms with Crippen molar-refractivity contribution < 1.29 is 5.11 Å². The second-order valence-electron chi connectivity index (χ2n) is 6.83. The van der Waals surface area contributed by atoms with Crippen LogP contribution in [0.15, 0.2) is 37.1 Å². The van der Waals surface area contributed by atoms with Gasteiger partial charge in [0.1, 0.15) is 11.8 Å². The van der Waals surface area contributed by atoms with E-state index in [9.17, 15) is 0 Å². The van der Waals surface area contributed by atoms with Crippen molar-refractivity contribution in [3.05, 3.63) is 42.6 Å². The summed E-state index contributed by atoms with van der Waals surface area (Å²) in [6.07, 6.45) is 5.06. The number of fused-ring (bicyclic) bond motifs is 2. The first-order chi connectivity index (χ1) is 12.6. The number of aliphatic hydroxyl groups is 1. The smallest absolute Gasteiger partial charge is 0.163 e. The molecule has 1 aliphatic heterocycles. The molecule has 2 aromatic heterocycles. The van der Waals surface area contributed by atoms with E-state index in [-0.39, 0.29) is 6.61 Å². The maximum absolute atomic E-state index is 8.90. The number of aromatic nitrogens is 4. The van der Waals surface area contributed by atoms with E-state index in [2.05, 4.69) is 51.6 Å². The Bertz CT molecular complexity index is 860. The molecular formula is C19H26N6O. The molecule has 138 valence electrons. The third-order valence-electron chi connectivity index (χ3n) is 4.38. The number of aliphatic hydroxyl groups excluding tert-OH is 1. The predicted octanol–water partition coefficient (Wildman–Crippen LogP) is 3.06. The molecule has 1 aromatic carbocycles. The fourth-order valence-electron chi connectivity index (χ4n) is 2.70. The van der Waals surface area contributed by atoms with Gasteiger partial charge in [0.15, 0.2) is 5.65 Å². The maximum Gasteiger partial charge on any atom is 0.163 e. The molecular weight excluding hydrogens is 328 g/mol. The van der Waals surface area contributed by atoms with Gasteiger partial charge in [-0.15, -0.1) is 0 Å². The minimum Gasteiger partial charge on any atom is -0.396 e. The van der Waals surface area contributed by atoms with E-state index in [1.54, 1.807) is 18.9 Å². The summed E-state index contributed by atoms with van der Waals surface area (Å²) in [5.74, 6) is 0.305. The number of imidazole rings is 1. The van der Waals surface area contributed by atoms with Crippen molar-refractivity contribution >= 4 is 22.5 Å². The Morgan fingerprint density at radius 2 is 2.12 bits per heavy atom. The second kappa shape index (κ2) is 8.14. The molecule has 0 bridgehead atoms. The zero-order chi connectivity index (χ0) is 18.5. The van der Waals surface area contributed by atoms with Gasteiger partial charge in [0, 0.05) is 42.7 Å². The summed E-state index contributed by atoms with van der Waals surface area (Å²) in [5, 5.41) is 15.5. The first kappa shape index (κ1) is 18.1. The van der Waals surface area contributed by atoms with E-state index in [0.717, 1.165) is 24.3 Å². The van der Waals surface area contributed by atoms with Crippen molar-refractivity contribution in [2.75, 3.05) is 23.8 Å². The largest absolute Gasteiger partial charge is 0.396 e. The summed E-state index contributed by atoms with van der Waals surface area (Å²) in [7, 11) is 0. The molecule has 0 saturated heterocycles. The van der Waals surface area contributed by atoms with Crippen LogP contribution >= 0.6 is 0 Å². The lowest BCUT2D eigenvalue weighted by Gasteiger charge is -2.25. The zero-order valence-corrected chi connectivity index (χ0v) is 15.5. The van der Waals surface area contributed by atoms with Crippen molar-refractivity contribution in [1.29, 1.82) is 0 Å². The van der Waals surface area contributed by atoms with Crippen LogP contribution in [0.25, 0.3) is 11.2 Å². The molecule has 1 unspecified atom stereocenters. The van der Waals surface area contributed by atoms with Gasteiger partial charge >= 0.3 is 0 Å². The quantitative estimate of drug-likeness (QED) is 0.653. The lowest BCUT2D eigenvalue weighted by atomic mass is 10.0. The molecule has 0 aliphatic carbocycles. The molecule has 0 radical (unpaired) electrons. The molecule has 1 atom stereocenters. The maximum atomic E-state index is 8.90. The third-order valence-corrected chi connectivity index (χ3v) is 4.38. The minimum atomic E-state index is 0.236. The van der Waals surface area contributed by atoms with Crippen molar-refractivity contribution in [2.45, 2.75) is 33.4 Å². The lowest BCUT2D eigenvalue weighted by Crippen LogP contribution is -2.20. The Morgan fingerprint density at radius 3 is 2.81 bits per heavy atom. The highest BCUT2D eigenvalue weighted by Crippen LogP contribution is 2.32. The molecule has 0 saturated carbocycles. The van der Waals surface area contributed by atoms with Gasteiger partial charge in [0.2, 0.25) is 0 Å². The van der Waals surface area contributed by atoms with Crippen LogP contribution in [0.3, 0.4) is 0 Å². The van der Waals surface area contributed by atoms with Crippen LogP contribution in [-0.2, 0) is 6.54 Å². The van der Waals surface area contributed by atoms with E-state index in [1.807, 2.05) is 17.6 Å². The molecule has 3 heterocycles. The van der Waals surface area contributed by atoms with Crippen molar-refractivity contribution in [3.8, 4) is 0 Å². The molecule has 1 aliphatic rings. The van der Waals surface area contributed by atoms with Gasteiger partial charge in [-0.1, -0.05) is 13.0 Å². The van der Waals surface area contributed by atoms with Crippen molar-refractivity contribution in [3.63, 3.8) is 0 Å². The second-order valence-corrected chi connectivity index (χ2v) is 6.83. The monoisotopic (exact) mass is 354 g/mol. The molecule has 3 N–H and O–H groups in total. The van der Waals surface area contributed by atoms with E-state index >= 15 is 0 Å². The number of anilines is 2. The van der Waals surface area contributed by atoms with Gasteiger partial charge < -0.3 is 20.3 Å². The van der Waals surface area contributed by atoms with Gasteiger partial charge in [0.05, 0.1) is 12.5 Å². The Kier molecular flexibility index (Phi) is 5.68. The van der Waals surface area contributed by atoms with Crippen LogP contribution in [0, 0.1) is 5.92 Å². The molecule has 3 aromatic rings. The lowest BCUT2D eigenvalue weighted by molar-refractivity contribution is 0.244. The van der Waals surface area contributed by atoms with Crippen LogP contribution in [0.5, 0.6) is 0 Å². The Balaban J connectivity index is 0.000000152. The number of benzene rings is 1. The average molecular weight is 354 g/mol. The first-order valence-corrected chi connectivity index (χ1v) is 8.93. The van der Waals surface area contributed by atoms with E-state index in [1.165, 1.54) is 16.9 Å². The highest BCUT2D eigenvalue weighted by atomic mass is 16.3. The van der Waals surface area contributed by atoms with Crippen LogP contribution in [-0.4, -0.2) is 37.8 Å². The van der Waals surface area contributed by atoms with Gasteiger partial charge in [0.25, 0.3) is 0 Å². The average Bonchev–Trinajstić information content (AvgIpc) is 3.06. The van der Waals surface area contributed by atoms with Crippen LogP contribution in [0.2, 0.25) is 0 Å². The van der Waals surface area contributed by atoms with E-state index < -0.39 is 0 Å². The molecule has 0 fully saturated rings. The zero-order valence-electron chi connectivity index (χ0n) is 15.5. The minimum absolute atomic E-state index is 0.236. The summed E-state index contributed by atoms with van der Waals surface area (Å²) in [6, 6.07) is 6.60.